The van der Waals surface area contributed by atoms with Gasteiger partial charge in [0.25, 0.3) is 0 Å². The summed E-state index contributed by atoms with van der Waals surface area (Å²) < 4.78 is 0. The molecule has 21 heavy (non-hydrogen) atoms. The van der Waals surface area contributed by atoms with E-state index in [0.29, 0.717) is 11.1 Å². The number of nitriles is 2. The van der Waals surface area contributed by atoms with Crippen LogP contribution >= 0.6 is 47.0 Å². The number of hydrogen-bond acceptors (Lipinski definition) is 6. The molecule has 0 atom stereocenters. The monoisotopic (exact) mass is 352 g/mol. The molecule has 0 unspecified atom stereocenters. The fourth-order valence-electron chi connectivity index (χ4n) is 1.86. The van der Waals surface area contributed by atoms with Gasteiger partial charge in [-0.3, -0.25) is 0 Å². The zero-order valence-corrected chi connectivity index (χ0v) is 14.9. The highest BCUT2D eigenvalue weighted by molar-refractivity contribution is 8.05. The highest BCUT2D eigenvalue weighted by Crippen LogP contribution is 2.34. The molecular weight excluding hydrogens is 336 g/mol. The van der Waals surface area contributed by atoms with E-state index in [2.05, 4.69) is 12.1 Å². The van der Waals surface area contributed by atoms with Gasteiger partial charge in [0.1, 0.15) is 12.1 Å². The molecule has 1 aliphatic heterocycles. The summed E-state index contributed by atoms with van der Waals surface area (Å²) in [6.45, 7) is 0. The van der Waals surface area contributed by atoms with Gasteiger partial charge in [0, 0.05) is 32.8 Å². The molecule has 0 aliphatic carbocycles. The Hall–Kier alpha value is -0.400. The Morgan fingerprint density at radius 1 is 0.714 bits per heavy atom. The lowest BCUT2D eigenvalue weighted by atomic mass is 10.1. The summed E-state index contributed by atoms with van der Waals surface area (Å²) in [6, 6.07) is 8.06. The number of rotatable bonds is 0. The lowest BCUT2D eigenvalue weighted by molar-refractivity contribution is 1.12. The summed E-state index contributed by atoms with van der Waals surface area (Å²) in [7, 11) is 0. The first-order chi connectivity index (χ1) is 10.3. The molecule has 1 heterocycles. The van der Waals surface area contributed by atoms with Crippen LogP contribution in [0, 0.1) is 22.7 Å². The van der Waals surface area contributed by atoms with E-state index >= 15 is 0 Å². The third kappa shape index (κ3) is 5.38. The molecule has 2 rings (SSSR count). The highest BCUT2D eigenvalue weighted by atomic mass is 32.2. The van der Waals surface area contributed by atoms with Crippen LogP contribution in [0.3, 0.4) is 0 Å². The molecule has 0 aromatic heterocycles. The van der Waals surface area contributed by atoms with Gasteiger partial charge in [0.15, 0.2) is 0 Å². The van der Waals surface area contributed by atoms with Crippen molar-refractivity contribution in [1.29, 1.82) is 10.5 Å². The van der Waals surface area contributed by atoms with E-state index < -0.39 is 0 Å². The zero-order valence-electron chi connectivity index (χ0n) is 11.6. The molecule has 110 valence electrons. The number of fused-ring (bicyclic) bond motifs is 1. The Kier molecular flexibility index (Phi) is 7.74. The second kappa shape index (κ2) is 9.58. The van der Waals surface area contributed by atoms with Gasteiger partial charge >= 0.3 is 0 Å². The number of hydrogen-bond donors (Lipinski definition) is 0. The third-order valence-electron chi connectivity index (χ3n) is 2.87. The molecule has 0 amide bonds. The number of thioether (sulfide) groups is 4. The van der Waals surface area contributed by atoms with Crippen molar-refractivity contribution >= 4 is 47.0 Å². The minimum Gasteiger partial charge on any atom is -0.192 e. The molecular formula is C15H16N2S4. The molecule has 1 aromatic carbocycles. The Morgan fingerprint density at radius 2 is 1.19 bits per heavy atom. The average Bonchev–Trinajstić information content (AvgIpc) is 2.54. The molecule has 2 nitrogen and oxygen atoms in total. The van der Waals surface area contributed by atoms with Crippen LogP contribution in [0.2, 0.25) is 0 Å². The van der Waals surface area contributed by atoms with Crippen LogP contribution < -0.4 is 0 Å². The maximum atomic E-state index is 9.17. The first-order valence-electron chi connectivity index (χ1n) is 6.74. The van der Waals surface area contributed by atoms with Gasteiger partial charge in [-0.05, 0) is 30.1 Å². The van der Waals surface area contributed by atoms with Crippen LogP contribution in [-0.2, 0) is 0 Å². The molecule has 0 radical (unpaired) electrons. The third-order valence-corrected chi connectivity index (χ3v) is 7.77. The minimum atomic E-state index is 0.496. The van der Waals surface area contributed by atoms with Crippen LogP contribution in [0.25, 0.3) is 0 Å². The highest BCUT2D eigenvalue weighted by Gasteiger charge is 2.11. The summed E-state index contributed by atoms with van der Waals surface area (Å²) in [6.07, 6.45) is 1.29. The first kappa shape index (κ1) is 17.0. The largest absolute Gasteiger partial charge is 0.192 e. The topological polar surface area (TPSA) is 47.6 Å². The summed E-state index contributed by atoms with van der Waals surface area (Å²) in [4.78, 5) is 2.31. The number of benzene rings is 1. The van der Waals surface area contributed by atoms with Crippen molar-refractivity contribution in [3.63, 3.8) is 0 Å². The van der Waals surface area contributed by atoms with Crippen molar-refractivity contribution in [2.75, 3.05) is 34.5 Å². The van der Waals surface area contributed by atoms with Crippen LogP contribution in [0.5, 0.6) is 0 Å². The predicted molar refractivity (Wildman–Crippen MR) is 96.6 cm³/mol. The second-order valence-electron chi connectivity index (χ2n) is 4.34. The van der Waals surface area contributed by atoms with Crippen molar-refractivity contribution in [3.8, 4) is 12.1 Å². The summed E-state index contributed by atoms with van der Waals surface area (Å²) in [5, 5.41) is 18.3. The van der Waals surface area contributed by atoms with Gasteiger partial charge in [0.2, 0.25) is 0 Å². The maximum Gasteiger partial charge on any atom is 0.101 e. The lowest BCUT2D eigenvalue weighted by Gasteiger charge is -2.10. The quantitative estimate of drug-likeness (QED) is 0.686. The van der Waals surface area contributed by atoms with E-state index in [4.69, 9.17) is 0 Å². The van der Waals surface area contributed by atoms with Crippen molar-refractivity contribution in [3.05, 3.63) is 23.3 Å². The average molecular weight is 353 g/mol. The normalized spacial score (nSPS) is 17.2. The van der Waals surface area contributed by atoms with Crippen LogP contribution in [0.4, 0.5) is 0 Å². The van der Waals surface area contributed by atoms with Gasteiger partial charge in [-0.15, -0.1) is 23.5 Å². The predicted octanol–water partition coefficient (Wildman–Crippen LogP) is 4.48. The van der Waals surface area contributed by atoms with Gasteiger partial charge in [-0.1, -0.05) is 0 Å². The SMILES string of the molecule is N#Cc1cc2c(cc1C#N)SCCSCCCSCCS2. The smallest absolute Gasteiger partial charge is 0.101 e. The number of nitrogens with zero attached hydrogens (tertiary/aromatic N) is 2. The van der Waals surface area contributed by atoms with E-state index in [1.54, 1.807) is 0 Å². The molecule has 0 saturated heterocycles. The molecule has 0 saturated carbocycles. The Balaban J connectivity index is 2.20. The van der Waals surface area contributed by atoms with Crippen LogP contribution in [-0.4, -0.2) is 34.5 Å². The molecule has 1 aliphatic rings. The Labute approximate surface area is 143 Å². The Morgan fingerprint density at radius 3 is 1.62 bits per heavy atom. The van der Waals surface area contributed by atoms with Crippen molar-refractivity contribution < 1.29 is 0 Å². The van der Waals surface area contributed by atoms with Crippen LogP contribution in [0.15, 0.2) is 21.9 Å². The molecule has 0 bridgehead atoms. The molecule has 6 heteroatoms. The lowest BCUT2D eigenvalue weighted by Crippen LogP contribution is -1.92. The van der Waals surface area contributed by atoms with E-state index in [1.807, 2.05) is 59.2 Å². The van der Waals surface area contributed by atoms with Crippen molar-refractivity contribution in [2.45, 2.75) is 16.2 Å². The van der Waals surface area contributed by atoms with Gasteiger partial charge in [0.05, 0.1) is 11.1 Å². The van der Waals surface area contributed by atoms with Gasteiger partial charge in [-0.2, -0.15) is 34.0 Å². The fourth-order valence-corrected chi connectivity index (χ4v) is 6.35. The summed E-state index contributed by atoms with van der Waals surface area (Å²) in [5.41, 5.74) is 0.992. The Bertz CT molecular complexity index is 511. The van der Waals surface area contributed by atoms with E-state index in [9.17, 15) is 10.5 Å². The minimum absolute atomic E-state index is 0.496. The summed E-state index contributed by atoms with van der Waals surface area (Å²) in [5.74, 6) is 6.88. The van der Waals surface area contributed by atoms with Crippen molar-refractivity contribution in [2.24, 2.45) is 0 Å². The van der Waals surface area contributed by atoms with Crippen molar-refractivity contribution in [1.82, 2.24) is 0 Å². The molecule has 1 aromatic rings. The summed E-state index contributed by atoms with van der Waals surface area (Å²) >= 11 is 7.63. The molecule has 0 spiro atoms. The molecule has 0 N–H and O–H groups in total. The molecule has 0 fully saturated rings. The van der Waals surface area contributed by atoms with E-state index in [0.717, 1.165) is 32.8 Å². The zero-order chi connectivity index (χ0) is 14.9. The van der Waals surface area contributed by atoms with Gasteiger partial charge < -0.3 is 0 Å². The van der Waals surface area contributed by atoms with E-state index in [1.165, 1.54) is 17.9 Å². The first-order valence-corrected chi connectivity index (χ1v) is 11.0. The maximum absolute atomic E-state index is 9.17. The van der Waals surface area contributed by atoms with E-state index in [-0.39, 0.29) is 0 Å². The second-order valence-corrected chi connectivity index (χ2v) is 9.07. The fraction of sp³-hybridized carbons (Fsp3) is 0.467. The van der Waals surface area contributed by atoms with Crippen LogP contribution in [0.1, 0.15) is 17.5 Å². The van der Waals surface area contributed by atoms with Gasteiger partial charge in [-0.25, -0.2) is 0 Å². The standard InChI is InChI=1S/C15H16N2S4/c16-10-12-8-14-15(9-13(12)11-17)21-7-5-19-3-1-2-18-4-6-20-14/h8-9H,1-7H2.